The molecular formula is C19H22N2O2. The molecule has 0 aliphatic heterocycles. The molecule has 0 spiro atoms. The van der Waals surface area contributed by atoms with Crippen LogP contribution in [-0.2, 0) is 11.2 Å². The van der Waals surface area contributed by atoms with Gasteiger partial charge in [0.2, 0.25) is 5.91 Å². The summed E-state index contributed by atoms with van der Waals surface area (Å²) in [5.41, 5.74) is 1.96. The zero-order valence-corrected chi connectivity index (χ0v) is 13.6. The topological polar surface area (TPSA) is 42.4 Å². The molecule has 1 aromatic heterocycles. The number of nitrogens with zero attached hydrogens (tertiary/aromatic N) is 2. The van der Waals surface area contributed by atoms with Gasteiger partial charge in [-0.05, 0) is 42.8 Å². The Balaban J connectivity index is 1.84. The van der Waals surface area contributed by atoms with Crippen LogP contribution in [0.3, 0.4) is 0 Å². The number of hydrogen-bond acceptors (Lipinski definition) is 3. The summed E-state index contributed by atoms with van der Waals surface area (Å²) in [6, 6.07) is 13.5. The summed E-state index contributed by atoms with van der Waals surface area (Å²) in [7, 11) is 1.80. The van der Waals surface area contributed by atoms with Gasteiger partial charge in [-0.15, -0.1) is 0 Å². The molecule has 0 unspecified atom stereocenters. The van der Waals surface area contributed by atoms with Gasteiger partial charge in [-0.1, -0.05) is 18.2 Å². The lowest BCUT2D eigenvalue weighted by molar-refractivity contribution is -0.124. The number of carbonyl (C=O) groups excluding carboxylic acids is 1. The summed E-state index contributed by atoms with van der Waals surface area (Å²) in [4.78, 5) is 18.1. The molecule has 0 saturated heterocycles. The van der Waals surface area contributed by atoms with E-state index < -0.39 is 0 Å². The van der Waals surface area contributed by atoms with Crippen LogP contribution in [0.1, 0.15) is 18.2 Å². The first-order chi connectivity index (χ1) is 11.2. The van der Waals surface area contributed by atoms with Gasteiger partial charge in [-0.3, -0.25) is 9.78 Å². The lowest BCUT2D eigenvalue weighted by atomic mass is 10.2. The summed E-state index contributed by atoms with van der Waals surface area (Å²) < 4.78 is 5.39. The molecule has 2 aromatic rings. The average molecular weight is 310 g/mol. The molecule has 1 aromatic carbocycles. The Hall–Kier alpha value is -2.62. The summed E-state index contributed by atoms with van der Waals surface area (Å²) in [6.07, 6.45) is 5.92. The van der Waals surface area contributed by atoms with Crippen LogP contribution in [0.5, 0.6) is 5.75 Å². The van der Waals surface area contributed by atoms with Gasteiger partial charge in [0.1, 0.15) is 5.75 Å². The van der Waals surface area contributed by atoms with Crippen LogP contribution >= 0.6 is 0 Å². The fraction of sp³-hybridized carbons (Fsp3) is 0.263. The number of amides is 1. The van der Waals surface area contributed by atoms with Crippen molar-refractivity contribution in [1.29, 1.82) is 0 Å². The second kappa shape index (κ2) is 8.73. The van der Waals surface area contributed by atoms with E-state index in [2.05, 4.69) is 4.98 Å². The molecule has 2 rings (SSSR count). The quantitative estimate of drug-likeness (QED) is 0.738. The van der Waals surface area contributed by atoms with Gasteiger partial charge in [0.05, 0.1) is 6.61 Å². The van der Waals surface area contributed by atoms with E-state index in [-0.39, 0.29) is 5.91 Å². The average Bonchev–Trinajstić information content (AvgIpc) is 2.60. The fourth-order valence-corrected chi connectivity index (χ4v) is 2.08. The number of ether oxygens (including phenoxy) is 1. The maximum absolute atomic E-state index is 12.1. The van der Waals surface area contributed by atoms with Crippen LogP contribution in [0.2, 0.25) is 0 Å². The van der Waals surface area contributed by atoms with Gasteiger partial charge in [0, 0.05) is 38.0 Å². The van der Waals surface area contributed by atoms with E-state index in [1.54, 1.807) is 24.2 Å². The third kappa shape index (κ3) is 5.58. The Morgan fingerprint density at radius 1 is 1.22 bits per heavy atom. The molecule has 0 N–H and O–H groups in total. The van der Waals surface area contributed by atoms with Crippen LogP contribution < -0.4 is 4.74 Å². The second-order valence-corrected chi connectivity index (χ2v) is 5.17. The van der Waals surface area contributed by atoms with Crippen molar-refractivity contribution in [2.75, 3.05) is 20.2 Å². The van der Waals surface area contributed by atoms with Crippen LogP contribution in [0.4, 0.5) is 0 Å². The standard InChI is InChI=1S/C19H22N2O2/c1-3-23-18-10-7-16(8-11-18)9-12-19(22)21(2)15-13-17-6-4-5-14-20-17/h4-12,14H,3,13,15H2,1-2H3/b12-9+. The van der Waals surface area contributed by atoms with E-state index in [1.807, 2.05) is 55.5 Å². The van der Waals surface area contributed by atoms with Crippen molar-refractivity contribution >= 4 is 12.0 Å². The Kier molecular flexibility index (Phi) is 6.36. The summed E-state index contributed by atoms with van der Waals surface area (Å²) in [5.74, 6) is 0.818. The van der Waals surface area contributed by atoms with Crippen molar-refractivity contribution in [3.8, 4) is 5.75 Å². The number of benzene rings is 1. The third-order valence-corrected chi connectivity index (χ3v) is 3.42. The first-order valence-corrected chi connectivity index (χ1v) is 7.75. The highest BCUT2D eigenvalue weighted by atomic mass is 16.5. The van der Waals surface area contributed by atoms with E-state index >= 15 is 0 Å². The van der Waals surface area contributed by atoms with Gasteiger partial charge in [-0.2, -0.15) is 0 Å². The van der Waals surface area contributed by atoms with Crippen LogP contribution in [0.25, 0.3) is 6.08 Å². The van der Waals surface area contributed by atoms with Gasteiger partial charge < -0.3 is 9.64 Å². The largest absolute Gasteiger partial charge is 0.494 e. The maximum Gasteiger partial charge on any atom is 0.246 e. The van der Waals surface area contributed by atoms with E-state index in [0.717, 1.165) is 23.4 Å². The molecule has 23 heavy (non-hydrogen) atoms. The van der Waals surface area contributed by atoms with E-state index in [1.165, 1.54) is 0 Å². The number of hydrogen-bond donors (Lipinski definition) is 0. The van der Waals surface area contributed by atoms with Crippen LogP contribution in [0, 0.1) is 0 Å². The Morgan fingerprint density at radius 2 is 2.00 bits per heavy atom. The number of carbonyl (C=O) groups is 1. The molecular weight excluding hydrogens is 288 g/mol. The SMILES string of the molecule is CCOc1ccc(/C=C/C(=O)N(C)CCc2ccccn2)cc1. The molecule has 0 aliphatic carbocycles. The van der Waals surface area contributed by atoms with E-state index in [4.69, 9.17) is 4.74 Å². The molecule has 4 nitrogen and oxygen atoms in total. The summed E-state index contributed by atoms with van der Waals surface area (Å²) in [6.45, 7) is 3.24. The molecule has 0 fully saturated rings. The highest BCUT2D eigenvalue weighted by Gasteiger charge is 2.05. The molecule has 0 bridgehead atoms. The van der Waals surface area contributed by atoms with Crippen LogP contribution in [-0.4, -0.2) is 36.0 Å². The van der Waals surface area contributed by atoms with Crippen molar-refractivity contribution in [2.24, 2.45) is 0 Å². The number of pyridine rings is 1. The Bertz CT molecular complexity index is 636. The van der Waals surface area contributed by atoms with Gasteiger partial charge in [0.15, 0.2) is 0 Å². The normalized spacial score (nSPS) is 10.7. The van der Waals surface area contributed by atoms with Crippen molar-refractivity contribution in [2.45, 2.75) is 13.3 Å². The molecule has 0 saturated carbocycles. The van der Waals surface area contributed by atoms with Crippen molar-refractivity contribution in [3.63, 3.8) is 0 Å². The fourth-order valence-electron chi connectivity index (χ4n) is 2.08. The van der Waals surface area contributed by atoms with Gasteiger partial charge in [0.25, 0.3) is 0 Å². The monoisotopic (exact) mass is 310 g/mol. The molecule has 1 heterocycles. The molecule has 0 atom stereocenters. The zero-order valence-electron chi connectivity index (χ0n) is 13.6. The first kappa shape index (κ1) is 16.7. The number of aromatic nitrogens is 1. The Morgan fingerprint density at radius 3 is 2.65 bits per heavy atom. The smallest absolute Gasteiger partial charge is 0.246 e. The van der Waals surface area contributed by atoms with Crippen molar-refractivity contribution in [1.82, 2.24) is 9.88 Å². The lowest BCUT2D eigenvalue weighted by Crippen LogP contribution is -2.27. The lowest BCUT2D eigenvalue weighted by Gasteiger charge is -2.14. The van der Waals surface area contributed by atoms with Crippen molar-refractivity contribution in [3.05, 3.63) is 66.0 Å². The molecule has 4 heteroatoms. The van der Waals surface area contributed by atoms with E-state index in [9.17, 15) is 4.79 Å². The third-order valence-electron chi connectivity index (χ3n) is 3.42. The minimum absolute atomic E-state index is 0.0187. The summed E-state index contributed by atoms with van der Waals surface area (Å²) in [5, 5.41) is 0. The van der Waals surface area contributed by atoms with Crippen molar-refractivity contribution < 1.29 is 9.53 Å². The zero-order chi connectivity index (χ0) is 16.5. The highest BCUT2D eigenvalue weighted by molar-refractivity contribution is 5.91. The first-order valence-electron chi connectivity index (χ1n) is 7.75. The van der Waals surface area contributed by atoms with Gasteiger partial charge in [-0.25, -0.2) is 0 Å². The minimum Gasteiger partial charge on any atom is -0.494 e. The maximum atomic E-state index is 12.1. The predicted molar refractivity (Wildman–Crippen MR) is 92.2 cm³/mol. The number of rotatable bonds is 7. The molecule has 0 radical (unpaired) electrons. The molecule has 0 aliphatic rings. The summed E-state index contributed by atoms with van der Waals surface area (Å²) >= 11 is 0. The van der Waals surface area contributed by atoms with Crippen LogP contribution in [0.15, 0.2) is 54.7 Å². The second-order valence-electron chi connectivity index (χ2n) is 5.17. The van der Waals surface area contributed by atoms with Gasteiger partial charge >= 0.3 is 0 Å². The number of likely N-dealkylation sites (N-methyl/N-ethyl adjacent to an activating group) is 1. The Labute approximate surface area is 137 Å². The minimum atomic E-state index is -0.0187. The highest BCUT2D eigenvalue weighted by Crippen LogP contribution is 2.13. The predicted octanol–water partition coefficient (Wildman–Crippen LogP) is 3.19. The molecule has 120 valence electrons. The van der Waals surface area contributed by atoms with E-state index in [0.29, 0.717) is 13.2 Å². The molecule has 1 amide bonds.